The number of nitrogens with one attached hydrogen (secondary N) is 1. The molecule has 1 rings (SSSR count). The lowest BCUT2D eigenvalue weighted by Gasteiger charge is -2.29. The zero-order valence-electron chi connectivity index (χ0n) is 12.6. The van der Waals surface area contributed by atoms with Gasteiger partial charge in [0, 0.05) is 12.5 Å². The molecule has 6 heteroatoms. The minimum atomic E-state index is -4.33. The van der Waals surface area contributed by atoms with Gasteiger partial charge in [0.25, 0.3) is 0 Å². The highest BCUT2D eigenvalue weighted by Gasteiger charge is 2.35. The van der Waals surface area contributed by atoms with E-state index >= 15 is 0 Å². The number of allylic oxidation sites excluding steroid dienone is 3. The van der Waals surface area contributed by atoms with Crippen molar-refractivity contribution in [2.75, 3.05) is 6.54 Å². The van der Waals surface area contributed by atoms with E-state index in [-0.39, 0.29) is 23.8 Å². The molecule has 2 amide bonds. The van der Waals surface area contributed by atoms with Gasteiger partial charge in [0.1, 0.15) is 0 Å². The normalized spacial score (nSPS) is 22.9. The van der Waals surface area contributed by atoms with Gasteiger partial charge in [0.15, 0.2) is 0 Å². The van der Waals surface area contributed by atoms with Crippen LogP contribution in [0, 0.1) is 17.3 Å². The summed E-state index contributed by atoms with van der Waals surface area (Å²) in [5.74, 6) is -0.413. The molecule has 21 heavy (non-hydrogen) atoms. The zero-order chi connectivity index (χ0) is 16.3. The summed E-state index contributed by atoms with van der Waals surface area (Å²) in [5, 5.41) is 2.47. The highest BCUT2D eigenvalue weighted by molar-refractivity contribution is 5.71. The molecular formula is C15H23F3N2O. The largest absolute Gasteiger partial charge is 0.416 e. The number of amides is 2. The number of hydrogen-bond donors (Lipinski definition) is 2. The molecule has 2 unspecified atom stereocenters. The van der Waals surface area contributed by atoms with Gasteiger partial charge in [0.05, 0.1) is 5.57 Å². The van der Waals surface area contributed by atoms with E-state index in [0.717, 1.165) is 12.5 Å². The Hall–Kier alpha value is -1.46. The van der Waals surface area contributed by atoms with Gasteiger partial charge in [-0.25, -0.2) is 4.79 Å². The number of hydrogen-bond acceptors (Lipinski definition) is 1. The fourth-order valence-electron chi connectivity index (χ4n) is 2.30. The lowest BCUT2D eigenvalue weighted by molar-refractivity contribution is -0.0891. The third-order valence-electron chi connectivity index (χ3n) is 3.53. The van der Waals surface area contributed by atoms with Crippen molar-refractivity contribution in [3.8, 4) is 0 Å². The van der Waals surface area contributed by atoms with Gasteiger partial charge in [0.2, 0.25) is 0 Å². The van der Waals surface area contributed by atoms with E-state index in [1.165, 1.54) is 12.2 Å². The maximum Gasteiger partial charge on any atom is 0.416 e. The maximum absolute atomic E-state index is 12.8. The molecular weight excluding hydrogens is 281 g/mol. The number of primary amides is 1. The Morgan fingerprint density at radius 1 is 1.29 bits per heavy atom. The minimum absolute atomic E-state index is 0.0507. The molecule has 0 aliphatic heterocycles. The van der Waals surface area contributed by atoms with Crippen LogP contribution in [0.1, 0.15) is 33.6 Å². The van der Waals surface area contributed by atoms with Crippen molar-refractivity contribution in [2.45, 2.75) is 39.8 Å². The fraction of sp³-hybridized carbons (Fsp3) is 0.667. The monoisotopic (exact) mass is 304 g/mol. The summed E-state index contributed by atoms with van der Waals surface area (Å²) < 4.78 is 38.5. The van der Waals surface area contributed by atoms with Gasteiger partial charge in [-0.05, 0) is 24.2 Å². The van der Waals surface area contributed by atoms with E-state index in [2.05, 4.69) is 26.1 Å². The predicted molar refractivity (Wildman–Crippen MR) is 76.5 cm³/mol. The van der Waals surface area contributed by atoms with Crippen LogP contribution in [0.25, 0.3) is 0 Å². The van der Waals surface area contributed by atoms with Gasteiger partial charge >= 0.3 is 12.2 Å². The SMILES string of the molecule is CC(C)(C)CCC1C=C(C(F)(F)F)C=CC1CNC(N)=O. The molecule has 0 saturated heterocycles. The van der Waals surface area contributed by atoms with Crippen LogP contribution in [0.15, 0.2) is 23.8 Å². The third-order valence-corrected chi connectivity index (χ3v) is 3.53. The van der Waals surface area contributed by atoms with Crippen LogP contribution in [0.3, 0.4) is 0 Å². The lowest BCUT2D eigenvalue weighted by Crippen LogP contribution is -2.36. The second-order valence-electron chi connectivity index (χ2n) is 6.65. The van der Waals surface area contributed by atoms with Crippen LogP contribution in [0.2, 0.25) is 0 Å². The predicted octanol–water partition coefficient (Wildman–Crippen LogP) is 3.77. The Morgan fingerprint density at radius 3 is 2.38 bits per heavy atom. The van der Waals surface area contributed by atoms with E-state index in [0.29, 0.717) is 6.42 Å². The van der Waals surface area contributed by atoms with Crippen molar-refractivity contribution in [3.05, 3.63) is 23.8 Å². The topological polar surface area (TPSA) is 55.1 Å². The summed E-state index contributed by atoms with van der Waals surface area (Å²) in [5.41, 5.74) is 4.46. The highest BCUT2D eigenvalue weighted by atomic mass is 19.4. The third kappa shape index (κ3) is 6.23. The Morgan fingerprint density at radius 2 is 1.90 bits per heavy atom. The number of rotatable bonds is 4. The van der Waals surface area contributed by atoms with E-state index in [1.54, 1.807) is 0 Å². The molecule has 0 bridgehead atoms. The summed E-state index contributed by atoms with van der Waals surface area (Å²) in [6.07, 6.45) is 0.989. The highest BCUT2D eigenvalue weighted by Crippen LogP contribution is 2.36. The molecule has 0 aromatic carbocycles. The molecule has 0 fully saturated rings. The van der Waals surface area contributed by atoms with E-state index < -0.39 is 17.8 Å². The summed E-state index contributed by atoms with van der Waals surface area (Å²) in [6, 6.07) is -0.663. The molecule has 0 spiro atoms. The van der Waals surface area contributed by atoms with Gasteiger partial charge in [-0.3, -0.25) is 0 Å². The Kier molecular flexibility index (Phi) is 5.48. The number of carbonyl (C=O) groups excluding carboxylic acids is 1. The summed E-state index contributed by atoms with van der Waals surface area (Å²) in [7, 11) is 0. The van der Waals surface area contributed by atoms with Crippen LogP contribution in [-0.2, 0) is 0 Å². The van der Waals surface area contributed by atoms with Gasteiger partial charge in [-0.1, -0.05) is 39.0 Å². The van der Waals surface area contributed by atoms with Gasteiger partial charge in [-0.2, -0.15) is 13.2 Å². The van der Waals surface area contributed by atoms with Crippen LogP contribution in [-0.4, -0.2) is 18.8 Å². The molecule has 1 aliphatic carbocycles. The Labute approximate surface area is 123 Å². The van der Waals surface area contributed by atoms with Crippen LogP contribution in [0.4, 0.5) is 18.0 Å². The fourth-order valence-corrected chi connectivity index (χ4v) is 2.30. The first-order valence-corrected chi connectivity index (χ1v) is 6.99. The summed E-state index contributed by atoms with van der Waals surface area (Å²) in [4.78, 5) is 10.8. The Bertz CT molecular complexity index is 433. The van der Waals surface area contributed by atoms with Crippen molar-refractivity contribution in [1.82, 2.24) is 5.32 Å². The van der Waals surface area contributed by atoms with Crippen molar-refractivity contribution in [1.29, 1.82) is 0 Å². The number of alkyl halides is 3. The number of carbonyl (C=O) groups is 1. The maximum atomic E-state index is 12.8. The standard InChI is InChI=1S/C15H23F3N2O/c1-14(2,3)7-6-10-8-12(15(16,17)18)5-4-11(10)9-20-13(19)21/h4-5,8,10-11H,6-7,9H2,1-3H3,(H3,19,20,21). The quantitative estimate of drug-likeness (QED) is 0.816. The molecule has 3 nitrogen and oxygen atoms in total. The van der Waals surface area contributed by atoms with Crippen LogP contribution < -0.4 is 11.1 Å². The molecule has 0 aromatic rings. The second-order valence-corrected chi connectivity index (χ2v) is 6.65. The number of urea groups is 1. The number of halogens is 3. The average molecular weight is 304 g/mol. The Balaban J connectivity index is 2.82. The lowest BCUT2D eigenvalue weighted by atomic mass is 9.78. The van der Waals surface area contributed by atoms with Crippen LogP contribution in [0.5, 0.6) is 0 Å². The molecule has 0 saturated carbocycles. The van der Waals surface area contributed by atoms with E-state index in [9.17, 15) is 18.0 Å². The van der Waals surface area contributed by atoms with Gasteiger partial charge in [-0.15, -0.1) is 0 Å². The first-order chi connectivity index (χ1) is 9.49. The first kappa shape index (κ1) is 17.6. The van der Waals surface area contributed by atoms with Crippen LogP contribution >= 0.6 is 0 Å². The van der Waals surface area contributed by atoms with Crippen molar-refractivity contribution in [3.63, 3.8) is 0 Å². The molecule has 120 valence electrons. The zero-order valence-corrected chi connectivity index (χ0v) is 12.6. The molecule has 0 aromatic heterocycles. The molecule has 0 heterocycles. The van der Waals surface area contributed by atoms with Crippen molar-refractivity contribution < 1.29 is 18.0 Å². The van der Waals surface area contributed by atoms with Crippen molar-refractivity contribution in [2.24, 2.45) is 23.0 Å². The number of nitrogens with two attached hydrogens (primary N) is 1. The van der Waals surface area contributed by atoms with E-state index in [4.69, 9.17) is 5.73 Å². The average Bonchev–Trinajstić information content (AvgIpc) is 2.32. The smallest absolute Gasteiger partial charge is 0.352 e. The minimum Gasteiger partial charge on any atom is -0.352 e. The van der Waals surface area contributed by atoms with Crippen molar-refractivity contribution >= 4 is 6.03 Å². The molecule has 2 atom stereocenters. The molecule has 3 N–H and O–H groups in total. The first-order valence-electron chi connectivity index (χ1n) is 6.99. The summed E-state index contributed by atoms with van der Waals surface area (Å²) >= 11 is 0. The summed E-state index contributed by atoms with van der Waals surface area (Å²) in [6.45, 7) is 6.41. The molecule has 1 aliphatic rings. The second kappa shape index (κ2) is 6.54. The molecule has 0 radical (unpaired) electrons. The van der Waals surface area contributed by atoms with Gasteiger partial charge < -0.3 is 11.1 Å². The van der Waals surface area contributed by atoms with E-state index in [1.807, 2.05) is 0 Å².